The third kappa shape index (κ3) is 4.90. The van der Waals surface area contributed by atoms with Crippen LogP contribution in [0.4, 0.5) is 0 Å². The third-order valence-corrected chi connectivity index (χ3v) is 6.62. The second-order valence-corrected chi connectivity index (χ2v) is 7.80. The Balaban J connectivity index is 1.92. The largest absolute Gasteiger partial charge is 0.468 e. The summed E-state index contributed by atoms with van der Waals surface area (Å²) in [4.78, 5) is 12.5. The lowest BCUT2D eigenvalue weighted by Gasteiger charge is -2.30. The molecule has 1 aromatic carbocycles. The highest BCUT2D eigenvalue weighted by molar-refractivity contribution is 8.04. The molecule has 110 valence electrons. The minimum absolute atomic E-state index is 0.129. The Morgan fingerprint density at radius 1 is 1.25 bits per heavy atom. The zero-order valence-electron chi connectivity index (χ0n) is 11.5. The first-order chi connectivity index (χ1) is 9.69. The first kappa shape index (κ1) is 16.1. The monoisotopic (exact) mass is 330 g/mol. The summed E-state index contributed by atoms with van der Waals surface area (Å²) in [5.74, 6) is 0.328. The van der Waals surface area contributed by atoms with Gasteiger partial charge in [0.25, 0.3) is 0 Å². The van der Waals surface area contributed by atoms with Crippen LogP contribution in [0.3, 0.4) is 0 Å². The van der Waals surface area contributed by atoms with Gasteiger partial charge in [-0.2, -0.15) is 0 Å². The lowest BCUT2D eigenvalue weighted by atomic mass is 10.00. The number of thioether (sulfide) groups is 2. The zero-order chi connectivity index (χ0) is 14.4. The van der Waals surface area contributed by atoms with E-state index in [-0.39, 0.29) is 5.97 Å². The Morgan fingerprint density at radius 3 is 2.55 bits per heavy atom. The average molecular weight is 331 g/mol. The Morgan fingerprint density at radius 2 is 1.90 bits per heavy atom. The van der Waals surface area contributed by atoms with Gasteiger partial charge in [-0.3, -0.25) is 4.79 Å². The molecule has 0 spiro atoms. The molecule has 0 heterocycles. The number of methoxy groups -OCH3 is 1. The molecule has 0 aromatic heterocycles. The molecule has 0 N–H and O–H groups in total. The number of carbonyl (C=O) groups is 1. The van der Waals surface area contributed by atoms with Crippen LogP contribution >= 0.6 is 35.1 Å². The van der Waals surface area contributed by atoms with Gasteiger partial charge in [-0.15, -0.1) is 23.5 Å². The van der Waals surface area contributed by atoms with Crippen LogP contribution in [0.1, 0.15) is 25.7 Å². The third-order valence-electron chi connectivity index (χ3n) is 3.39. The smallest absolute Gasteiger partial charge is 0.315 e. The lowest BCUT2D eigenvalue weighted by molar-refractivity contribution is -0.137. The summed E-state index contributed by atoms with van der Waals surface area (Å²) < 4.78 is 4.73. The van der Waals surface area contributed by atoms with Gasteiger partial charge in [-0.1, -0.05) is 24.4 Å². The molecule has 1 aliphatic rings. The Kier molecular flexibility index (Phi) is 6.59. The van der Waals surface area contributed by atoms with Crippen LogP contribution in [0.25, 0.3) is 0 Å². The summed E-state index contributed by atoms with van der Waals surface area (Å²) >= 11 is 9.57. The van der Waals surface area contributed by atoms with Crippen molar-refractivity contribution in [3.63, 3.8) is 0 Å². The van der Waals surface area contributed by atoms with Crippen LogP contribution in [0, 0.1) is 0 Å². The fraction of sp³-hybridized carbons (Fsp3) is 0.533. The fourth-order valence-corrected chi connectivity index (χ4v) is 5.21. The van der Waals surface area contributed by atoms with Crippen molar-refractivity contribution in [2.45, 2.75) is 41.1 Å². The van der Waals surface area contributed by atoms with E-state index in [1.165, 1.54) is 37.7 Å². The molecule has 0 amide bonds. The van der Waals surface area contributed by atoms with Gasteiger partial charge in [0.2, 0.25) is 0 Å². The van der Waals surface area contributed by atoms with Crippen molar-refractivity contribution in [1.82, 2.24) is 0 Å². The Labute approximate surface area is 134 Å². The molecule has 0 radical (unpaired) electrons. The van der Waals surface area contributed by atoms with Gasteiger partial charge < -0.3 is 4.74 Å². The molecule has 2 atom stereocenters. The predicted octanol–water partition coefficient (Wildman–Crippen LogP) is 4.65. The molecule has 1 aliphatic carbocycles. The molecule has 0 saturated heterocycles. The fourth-order valence-electron chi connectivity index (χ4n) is 2.31. The van der Waals surface area contributed by atoms with E-state index in [4.69, 9.17) is 16.3 Å². The lowest BCUT2D eigenvalue weighted by Crippen LogP contribution is -2.25. The van der Waals surface area contributed by atoms with Gasteiger partial charge in [0, 0.05) is 20.4 Å². The molecule has 0 aliphatic heterocycles. The second-order valence-electron chi connectivity index (χ2n) is 4.82. The van der Waals surface area contributed by atoms with Crippen molar-refractivity contribution in [3.8, 4) is 0 Å². The molecular weight excluding hydrogens is 312 g/mol. The first-order valence-electron chi connectivity index (χ1n) is 6.79. The molecule has 1 fully saturated rings. The van der Waals surface area contributed by atoms with E-state index >= 15 is 0 Å². The summed E-state index contributed by atoms with van der Waals surface area (Å²) in [5.41, 5.74) is 0. The number of esters is 1. The molecule has 20 heavy (non-hydrogen) atoms. The molecular formula is C15H19ClO2S2. The van der Waals surface area contributed by atoms with Gasteiger partial charge in [-0.05, 0) is 37.1 Å². The van der Waals surface area contributed by atoms with Crippen LogP contribution in [0.15, 0.2) is 29.2 Å². The summed E-state index contributed by atoms with van der Waals surface area (Å²) in [6, 6.07) is 8.01. The van der Waals surface area contributed by atoms with E-state index < -0.39 is 0 Å². The van der Waals surface area contributed by atoms with Gasteiger partial charge in [0.1, 0.15) is 0 Å². The second kappa shape index (κ2) is 8.20. The van der Waals surface area contributed by atoms with Crippen molar-refractivity contribution in [2.75, 3.05) is 12.9 Å². The minimum Gasteiger partial charge on any atom is -0.468 e. The summed E-state index contributed by atoms with van der Waals surface area (Å²) in [6.07, 6.45) is 4.94. The van der Waals surface area contributed by atoms with Gasteiger partial charge in [0.15, 0.2) is 0 Å². The molecule has 0 unspecified atom stereocenters. The standard InChI is InChI=1S/C15H19ClO2S2/c1-18-15(17)10-19-13-4-2-3-5-14(13)20-12-8-6-11(16)7-9-12/h6-9,13-14H,2-5,10H2,1H3/t13-,14-/m1/s1. The summed E-state index contributed by atoms with van der Waals surface area (Å²) in [6.45, 7) is 0. The van der Waals surface area contributed by atoms with Gasteiger partial charge in [-0.25, -0.2) is 0 Å². The van der Waals surface area contributed by atoms with Crippen molar-refractivity contribution in [3.05, 3.63) is 29.3 Å². The number of rotatable bonds is 5. The minimum atomic E-state index is -0.129. The topological polar surface area (TPSA) is 26.3 Å². The predicted molar refractivity (Wildman–Crippen MR) is 87.8 cm³/mol. The van der Waals surface area contributed by atoms with E-state index in [1.807, 2.05) is 23.9 Å². The van der Waals surface area contributed by atoms with E-state index in [0.29, 0.717) is 16.3 Å². The number of benzene rings is 1. The quantitative estimate of drug-likeness (QED) is 0.734. The normalized spacial score (nSPS) is 22.5. The van der Waals surface area contributed by atoms with Crippen LogP contribution in [0.2, 0.25) is 5.02 Å². The van der Waals surface area contributed by atoms with Crippen LogP contribution in [-0.2, 0) is 9.53 Å². The summed E-state index contributed by atoms with van der Waals surface area (Å²) in [5, 5.41) is 1.87. The van der Waals surface area contributed by atoms with E-state index in [9.17, 15) is 4.79 Å². The molecule has 5 heteroatoms. The van der Waals surface area contributed by atoms with Crippen molar-refractivity contribution in [1.29, 1.82) is 0 Å². The van der Waals surface area contributed by atoms with E-state index in [1.54, 1.807) is 11.8 Å². The number of carbonyl (C=O) groups excluding carboxylic acids is 1. The highest BCUT2D eigenvalue weighted by Gasteiger charge is 2.27. The molecule has 1 aromatic rings. The maximum Gasteiger partial charge on any atom is 0.315 e. The number of halogens is 1. The molecule has 2 rings (SSSR count). The Hall–Kier alpha value is -0.320. The highest BCUT2D eigenvalue weighted by atomic mass is 35.5. The molecule has 1 saturated carbocycles. The van der Waals surface area contributed by atoms with Gasteiger partial charge >= 0.3 is 5.97 Å². The highest BCUT2D eigenvalue weighted by Crippen LogP contribution is 2.39. The number of hydrogen-bond acceptors (Lipinski definition) is 4. The van der Waals surface area contributed by atoms with E-state index in [2.05, 4.69) is 12.1 Å². The van der Waals surface area contributed by atoms with Crippen LogP contribution in [-0.4, -0.2) is 29.3 Å². The van der Waals surface area contributed by atoms with Crippen molar-refractivity contribution in [2.24, 2.45) is 0 Å². The maximum absolute atomic E-state index is 11.3. The Bertz CT molecular complexity index is 436. The van der Waals surface area contributed by atoms with E-state index in [0.717, 1.165) is 5.02 Å². The SMILES string of the molecule is COC(=O)CS[C@@H]1CCCC[C@H]1Sc1ccc(Cl)cc1. The number of ether oxygens (including phenoxy) is 1. The first-order valence-corrected chi connectivity index (χ1v) is 9.10. The molecule has 2 nitrogen and oxygen atoms in total. The van der Waals surface area contributed by atoms with Crippen molar-refractivity contribution >= 4 is 41.1 Å². The molecule has 0 bridgehead atoms. The van der Waals surface area contributed by atoms with Crippen LogP contribution < -0.4 is 0 Å². The number of hydrogen-bond donors (Lipinski definition) is 0. The zero-order valence-corrected chi connectivity index (χ0v) is 13.9. The van der Waals surface area contributed by atoms with Gasteiger partial charge in [0.05, 0.1) is 12.9 Å². The maximum atomic E-state index is 11.3. The van der Waals surface area contributed by atoms with Crippen LogP contribution in [0.5, 0.6) is 0 Å². The average Bonchev–Trinajstić information content (AvgIpc) is 2.48. The summed E-state index contributed by atoms with van der Waals surface area (Å²) in [7, 11) is 1.45. The van der Waals surface area contributed by atoms with Crippen molar-refractivity contribution < 1.29 is 9.53 Å².